The Balaban J connectivity index is 2.79. The van der Waals surface area contributed by atoms with Crippen molar-refractivity contribution in [2.45, 2.75) is 13.2 Å². The maximum Gasteiger partial charge on any atom is 0.387 e. The molecule has 0 bridgehead atoms. The Hall–Kier alpha value is -1.40. The monoisotopic (exact) mass is 233 g/mol. The van der Waals surface area contributed by atoms with Gasteiger partial charge in [-0.25, -0.2) is 0 Å². The van der Waals surface area contributed by atoms with Gasteiger partial charge in [-0.15, -0.1) is 0 Å². The lowest BCUT2D eigenvalue weighted by atomic mass is 10.2. The van der Waals surface area contributed by atoms with E-state index in [9.17, 15) is 8.78 Å². The van der Waals surface area contributed by atoms with Crippen LogP contribution in [0.2, 0.25) is 0 Å². The molecule has 0 aliphatic rings. The number of hydrogen-bond acceptors (Lipinski definition) is 4. The standard InChI is InChI=1S/C10H13F2NO3/c1-14-9-5-7(6-13-15-2)3-4-8(9)16-10(11)12/h3-5,10,13H,6H2,1-2H3. The summed E-state index contributed by atoms with van der Waals surface area (Å²) in [5, 5.41) is 0. The minimum Gasteiger partial charge on any atom is -0.493 e. The SMILES string of the molecule is CONCc1ccc(OC(F)F)c(OC)c1. The second-order valence-electron chi connectivity index (χ2n) is 2.89. The van der Waals surface area contributed by atoms with Crippen LogP contribution >= 0.6 is 0 Å². The molecule has 1 N–H and O–H groups in total. The van der Waals surface area contributed by atoms with Crippen molar-refractivity contribution in [3.8, 4) is 11.5 Å². The zero-order valence-corrected chi connectivity index (χ0v) is 9.00. The Morgan fingerprint density at radius 3 is 2.56 bits per heavy atom. The fourth-order valence-electron chi connectivity index (χ4n) is 1.17. The van der Waals surface area contributed by atoms with Gasteiger partial charge in [-0.1, -0.05) is 6.07 Å². The summed E-state index contributed by atoms with van der Waals surface area (Å²) in [5.41, 5.74) is 3.47. The van der Waals surface area contributed by atoms with Crippen LogP contribution in [0.1, 0.15) is 5.56 Å². The molecule has 0 unspecified atom stereocenters. The summed E-state index contributed by atoms with van der Waals surface area (Å²) < 4.78 is 33.3. The second-order valence-corrected chi connectivity index (χ2v) is 2.89. The summed E-state index contributed by atoms with van der Waals surface area (Å²) in [6.07, 6.45) is 0. The van der Waals surface area contributed by atoms with Crippen molar-refractivity contribution < 1.29 is 23.1 Å². The molecule has 0 fully saturated rings. The predicted octanol–water partition coefficient (Wildman–Crippen LogP) is 1.95. The van der Waals surface area contributed by atoms with Crippen molar-refractivity contribution in [3.63, 3.8) is 0 Å². The summed E-state index contributed by atoms with van der Waals surface area (Å²) in [5.74, 6) is 0.273. The molecule has 0 amide bonds. The van der Waals surface area contributed by atoms with Crippen molar-refractivity contribution in [1.82, 2.24) is 5.48 Å². The molecule has 0 radical (unpaired) electrons. The van der Waals surface area contributed by atoms with Crippen LogP contribution < -0.4 is 15.0 Å². The molecule has 0 saturated carbocycles. The third-order valence-corrected chi connectivity index (χ3v) is 1.86. The predicted molar refractivity (Wildman–Crippen MR) is 53.5 cm³/mol. The van der Waals surface area contributed by atoms with Crippen LogP contribution in [0.4, 0.5) is 8.78 Å². The van der Waals surface area contributed by atoms with Gasteiger partial charge in [0.25, 0.3) is 0 Å². The van der Waals surface area contributed by atoms with E-state index < -0.39 is 6.61 Å². The highest BCUT2D eigenvalue weighted by Crippen LogP contribution is 2.29. The highest BCUT2D eigenvalue weighted by atomic mass is 19.3. The minimum absolute atomic E-state index is 0.0127. The van der Waals surface area contributed by atoms with E-state index in [-0.39, 0.29) is 11.5 Å². The molecule has 1 aromatic carbocycles. The van der Waals surface area contributed by atoms with Crippen LogP contribution in [0.3, 0.4) is 0 Å². The molecule has 0 saturated heterocycles. The highest BCUT2D eigenvalue weighted by molar-refractivity contribution is 5.42. The van der Waals surface area contributed by atoms with Crippen molar-refractivity contribution in [1.29, 1.82) is 0 Å². The lowest BCUT2D eigenvalue weighted by molar-refractivity contribution is -0.0512. The lowest BCUT2D eigenvalue weighted by Gasteiger charge is -2.11. The van der Waals surface area contributed by atoms with Gasteiger partial charge >= 0.3 is 6.61 Å². The van der Waals surface area contributed by atoms with E-state index in [0.717, 1.165) is 5.56 Å². The molecule has 16 heavy (non-hydrogen) atoms. The number of rotatable bonds is 6. The highest BCUT2D eigenvalue weighted by Gasteiger charge is 2.10. The molecule has 6 heteroatoms. The zero-order valence-electron chi connectivity index (χ0n) is 9.00. The third kappa shape index (κ3) is 3.63. The number of nitrogens with one attached hydrogen (secondary N) is 1. The smallest absolute Gasteiger partial charge is 0.387 e. The Labute approximate surface area is 92.1 Å². The van der Waals surface area contributed by atoms with Gasteiger partial charge in [-0.05, 0) is 17.7 Å². The van der Waals surface area contributed by atoms with E-state index in [2.05, 4.69) is 15.1 Å². The Morgan fingerprint density at radius 2 is 2.00 bits per heavy atom. The first-order chi connectivity index (χ1) is 7.67. The maximum absolute atomic E-state index is 12.0. The largest absolute Gasteiger partial charge is 0.493 e. The Bertz CT molecular complexity index is 334. The second kappa shape index (κ2) is 6.24. The first-order valence-electron chi connectivity index (χ1n) is 4.55. The fraction of sp³-hybridized carbons (Fsp3) is 0.400. The first kappa shape index (κ1) is 12.7. The van der Waals surface area contributed by atoms with E-state index in [4.69, 9.17) is 4.74 Å². The van der Waals surface area contributed by atoms with Gasteiger partial charge in [0.15, 0.2) is 11.5 Å². The van der Waals surface area contributed by atoms with E-state index in [1.54, 1.807) is 12.1 Å². The van der Waals surface area contributed by atoms with Gasteiger partial charge in [0.1, 0.15) is 0 Å². The number of hydrogen-bond donors (Lipinski definition) is 1. The molecule has 0 heterocycles. The number of alkyl halides is 2. The van der Waals surface area contributed by atoms with Crippen molar-refractivity contribution >= 4 is 0 Å². The molecule has 0 aliphatic carbocycles. The topological polar surface area (TPSA) is 39.7 Å². The molecule has 90 valence electrons. The van der Waals surface area contributed by atoms with E-state index in [0.29, 0.717) is 6.54 Å². The summed E-state index contributed by atoms with van der Waals surface area (Å²) in [7, 11) is 2.88. The molecular weight excluding hydrogens is 220 g/mol. The normalized spacial score (nSPS) is 10.6. The summed E-state index contributed by atoms with van der Waals surface area (Å²) in [6.45, 7) is -2.42. The number of benzene rings is 1. The Kier molecular flexibility index (Phi) is 4.94. The zero-order chi connectivity index (χ0) is 12.0. The lowest BCUT2D eigenvalue weighted by Crippen LogP contribution is -2.11. The molecule has 0 aliphatic heterocycles. The number of hydroxylamine groups is 1. The molecular formula is C10H13F2NO3. The van der Waals surface area contributed by atoms with Gasteiger partial charge in [0, 0.05) is 6.54 Å². The summed E-state index contributed by atoms with van der Waals surface area (Å²) in [4.78, 5) is 4.67. The molecule has 0 spiro atoms. The van der Waals surface area contributed by atoms with Gasteiger partial charge in [0.05, 0.1) is 14.2 Å². The van der Waals surface area contributed by atoms with Crippen molar-refractivity contribution in [2.75, 3.05) is 14.2 Å². The van der Waals surface area contributed by atoms with Crippen LogP contribution in [-0.2, 0) is 11.4 Å². The maximum atomic E-state index is 12.0. The van der Waals surface area contributed by atoms with Crippen molar-refractivity contribution in [2.24, 2.45) is 0 Å². The number of ether oxygens (including phenoxy) is 2. The van der Waals surface area contributed by atoms with Crippen LogP contribution in [0.5, 0.6) is 11.5 Å². The molecule has 1 rings (SSSR count). The van der Waals surface area contributed by atoms with Gasteiger partial charge in [-0.3, -0.25) is 0 Å². The number of methoxy groups -OCH3 is 1. The minimum atomic E-state index is -2.86. The van der Waals surface area contributed by atoms with Crippen LogP contribution in [0.25, 0.3) is 0 Å². The fourth-order valence-corrected chi connectivity index (χ4v) is 1.17. The van der Waals surface area contributed by atoms with Gasteiger partial charge in [0.2, 0.25) is 0 Å². The third-order valence-electron chi connectivity index (χ3n) is 1.86. The summed E-state index contributed by atoms with van der Waals surface area (Å²) >= 11 is 0. The molecule has 1 aromatic rings. The molecule has 0 aromatic heterocycles. The molecule has 4 nitrogen and oxygen atoms in total. The quantitative estimate of drug-likeness (QED) is 0.762. The van der Waals surface area contributed by atoms with Crippen LogP contribution in [0, 0.1) is 0 Å². The Morgan fingerprint density at radius 1 is 1.25 bits per heavy atom. The average Bonchev–Trinajstić information content (AvgIpc) is 2.27. The van der Waals surface area contributed by atoms with E-state index >= 15 is 0 Å². The molecule has 0 atom stereocenters. The average molecular weight is 233 g/mol. The number of halogens is 2. The first-order valence-corrected chi connectivity index (χ1v) is 4.55. The van der Waals surface area contributed by atoms with E-state index in [1.807, 2.05) is 0 Å². The van der Waals surface area contributed by atoms with Crippen molar-refractivity contribution in [3.05, 3.63) is 23.8 Å². The van der Waals surface area contributed by atoms with E-state index in [1.165, 1.54) is 20.3 Å². The van der Waals surface area contributed by atoms with Gasteiger partial charge < -0.3 is 14.3 Å². The summed E-state index contributed by atoms with van der Waals surface area (Å²) in [6, 6.07) is 4.67. The van der Waals surface area contributed by atoms with Crippen LogP contribution in [-0.4, -0.2) is 20.8 Å². The van der Waals surface area contributed by atoms with Gasteiger partial charge in [-0.2, -0.15) is 14.3 Å². The van der Waals surface area contributed by atoms with Crippen LogP contribution in [0.15, 0.2) is 18.2 Å².